The lowest BCUT2D eigenvalue weighted by Gasteiger charge is -2.47. The molecule has 0 spiro atoms. The molecule has 0 aromatic heterocycles. The highest BCUT2D eigenvalue weighted by Gasteiger charge is 2.57. The number of nitrogens with zero attached hydrogens (tertiary/aromatic N) is 3. The topological polar surface area (TPSA) is 119 Å². The number of Topliss-reactive ketones (excluding diaryl/α,β-unsaturated/α-hetero) is 1. The number of ether oxygens (including phenoxy) is 5. The molecule has 3 fully saturated rings. The molecule has 0 aliphatic carbocycles. The molecule has 4 aliphatic heterocycles. The van der Waals surface area contributed by atoms with Crippen molar-refractivity contribution in [1.29, 1.82) is 0 Å². The van der Waals surface area contributed by atoms with Crippen LogP contribution in [0, 0.1) is 30.6 Å². The van der Waals surface area contributed by atoms with Crippen LogP contribution in [0.5, 0.6) is 0 Å². The number of carbonyl (C=O) groups excluding carboxylic acids is 2. The smallest absolute Gasteiger partial charge is 0.316 e. The second kappa shape index (κ2) is 14.3. The molecule has 1 N–H and O–H groups in total. The second-order valence-corrected chi connectivity index (χ2v) is 15.7. The zero-order chi connectivity index (χ0) is 36.2. The summed E-state index contributed by atoms with van der Waals surface area (Å²) in [5, 5.41) is 11.5. The Balaban J connectivity index is 1.65. The molecule has 0 unspecified atom stereocenters. The van der Waals surface area contributed by atoms with Crippen LogP contribution in [0.3, 0.4) is 0 Å². The van der Waals surface area contributed by atoms with E-state index >= 15 is 0 Å². The number of aliphatic hydroxyl groups excluding tert-OH is 1. The molecular weight excluding hydrogens is 626 g/mol. The van der Waals surface area contributed by atoms with Crippen molar-refractivity contribution in [2.45, 2.75) is 136 Å². The third-order valence-electron chi connectivity index (χ3n) is 11.9. The van der Waals surface area contributed by atoms with Crippen LogP contribution in [0.2, 0.25) is 0 Å². The van der Waals surface area contributed by atoms with Crippen LogP contribution < -0.4 is 4.90 Å². The standard InChI is InChI=1S/C38H59N3O8/c1-13-29-38(9)33-23(5)30(39-26-16-20(2)14-15-27(26)41(33)19-46-38)21(3)18-37(8,45-12)34(24(6)31(42)25(7)35(44)48-29)49-36-32(43)28(40(10)11)17-22(4)47-36/h14-16,21-25,28-29,32-34,36,43H,13,17-19H2,1-12H3/t21-,22-,23-,24+,25-,28+,29+,32-,33-,34-,36+,37+,38-/m1/s1. The first-order valence-electron chi connectivity index (χ1n) is 18.0. The summed E-state index contributed by atoms with van der Waals surface area (Å²) in [4.78, 5) is 37.8. The number of likely N-dealkylation sites (N-methyl/N-ethyl adjacent to an activating group) is 1. The second-order valence-electron chi connectivity index (χ2n) is 15.7. The van der Waals surface area contributed by atoms with E-state index in [1.165, 1.54) is 0 Å². The zero-order valence-corrected chi connectivity index (χ0v) is 31.6. The SMILES string of the molecule is CC[C@@H]1OC(=O)[C@H](C)C(=O)[C@H](C)[C@@H](O[C@@H]2O[C@H](C)C[C@H](N(C)C)[C@H]2O)[C@@](C)(OC)C[C@@H](C)C2=Nc3cc(C)ccc3N3CO[C@@]1(C)[C@H]3[C@@H]2C. The molecule has 3 saturated heterocycles. The molecule has 0 radical (unpaired) electrons. The fourth-order valence-corrected chi connectivity index (χ4v) is 9.01. The van der Waals surface area contributed by atoms with Gasteiger partial charge in [-0.05, 0) is 91.6 Å². The maximum atomic E-state index is 14.3. The Labute approximate surface area is 292 Å². The molecule has 1 aromatic rings. The Morgan fingerprint density at radius 2 is 1.80 bits per heavy atom. The van der Waals surface area contributed by atoms with Crippen molar-refractivity contribution in [2.24, 2.45) is 28.7 Å². The molecule has 274 valence electrons. The summed E-state index contributed by atoms with van der Waals surface area (Å²) in [6.45, 7) is 18.0. The summed E-state index contributed by atoms with van der Waals surface area (Å²) in [5.74, 6) is -3.04. The van der Waals surface area contributed by atoms with Gasteiger partial charge in [0.1, 0.15) is 30.5 Å². The van der Waals surface area contributed by atoms with Crippen molar-refractivity contribution < 1.29 is 38.4 Å². The van der Waals surface area contributed by atoms with Crippen molar-refractivity contribution >= 4 is 28.8 Å². The van der Waals surface area contributed by atoms with E-state index in [2.05, 4.69) is 43.9 Å². The number of hydrogen-bond acceptors (Lipinski definition) is 11. The number of aryl methyl sites for hydroxylation is 1. The highest BCUT2D eigenvalue weighted by atomic mass is 16.7. The number of anilines is 1. The van der Waals surface area contributed by atoms with Gasteiger partial charge >= 0.3 is 5.97 Å². The number of cyclic esters (lactones) is 1. The Kier molecular flexibility index (Phi) is 11.0. The number of benzene rings is 1. The number of methoxy groups -OCH3 is 1. The molecule has 4 aliphatic rings. The molecule has 13 atom stereocenters. The monoisotopic (exact) mass is 685 g/mol. The van der Waals surface area contributed by atoms with E-state index < -0.39 is 53.6 Å². The average Bonchev–Trinajstić information content (AvgIpc) is 3.35. The number of aliphatic imine (C=N–C) groups is 1. The minimum absolute atomic E-state index is 0.104. The number of carbonyl (C=O) groups is 2. The molecule has 4 heterocycles. The van der Waals surface area contributed by atoms with Gasteiger partial charge in [0, 0.05) is 30.7 Å². The van der Waals surface area contributed by atoms with Gasteiger partial charge < -0.3 is 38.6 Å². The molecule has 49 heavy (non-hydrogen) atoms. The third-order valence-corrected chi connectivity index (χ3v) is 11.9. The summed E-state index contributed by atoms with van der Waals surface area (Å²) in [7, 11) is 5.46. The van der Waals surface area contributed by atoms with Gasteiger partial charge in [-0.3, -0.25) is 14.6 Å². The van der Waals surface area contributed by atoms with Gasteiger partial charge in [0.25, 0.3) is 0 Å². The first kappa shape index (κ1) is 37.8. The Morgan fingerprint density at radius 1 is 1.10 bits per heavy atom. The molecule has 0 saturated carbocycles. The predicted octanol–water partition coefficient (Wildman–Crippen LogP) is 5.06. The van der Waals surface area contributed by atoms with Crippen molar-refractivity contribution in [3.8, 4) is 0 Å². The number of hydrogen-bond donors (Lipinski definition) is 1. The molecule has 5 rings (SSSR count). The van der Waals surface area contributed by atoms with Crippen LogP contribution >= 0.6 is 0 Å². The summed E-state index contributed by atoms with van der Waals surface area (Å²) in [6, 6.07) is 5.87. The van der Waals surface area contributed by atoms with Gasteiger partial charge in [0.2, 0.25) is 0 Å². The van der Waals surface area contributed by atoms with Crippen LogP contribution in [-0.4, -0.2) is 109 Å². The first-order chi connectivity index (χ1) is 23.0. The van der Waals surface area contributed by atoms with Crippen molar-refractivity contribution in [3.63, 3.8) is 0 Å². The fourth-order valence-electron chi connectivity index (χ4n) is 9.01. The van der Waals surface area contributed by atoms with E-state index in [0.29, 0.717) is 26.0 Å². The van der Waals surface area contributed by atoms with Gasteiger partial charge in [-0.1, -0.05) is 33.8 Å². The molecule has 11 heteroatoms. The summed E-state index contributed by atoms with van der Waals surface area (Å²) in [5.41, 5.74) is 1.98. The lowest BCUT2D eigenvalue weighted by Crippen LogP contribution is -2.60. The van der Waals surface area contributed by atoms with E-state index in [9.17, 15) is 14.7 Å². The molecule has 1 aromatic carbocycles. The highest BCUT2D eigenvalue weighted by molar-refractivity contribution is 6.00. The highest BCUT2D eigenvalue weighted by Crippen LogP contribution is 2.48. The minimum Gasteiger partial charge on any atom is -0.459 e. The van der Waals surface area contributed by atoms with Crippen LogP contribution in [0.25, 0.3) is 0 Å². The van der Waals surface area contributed by atoms with Gasteiger partial charge in [0.05, 0.1) is 35.2 Å². The number of rotatable bonds is 5. The lowest BCUT2D eigenvalue weighted by atomic mass is 9.73. The third kappa shape index (κ3) is 6.83. The maximum absolute atomic E-state index is 14.3. The van der Waals surface area contributed by atoms with E-state index in [0.717, 1.165) is 22.6 Å². The van der Waals surface area contributed by atoms with Crippen LogP contribution in [0.4, 0.5) is 11.4 Å². The van der Waals surface area contributed by atoms with E-state index in [1.54, 1.807) is 21.0 Å². The summed E-state index contributed by atoms with van der Waals surface area (Å²) >= 11 is 0. The van der Waals surface area contributed by atoms with Gasteiger partial charge in [-0.25, -0.2) is 0 Å². The van der Waals surface area contributed by atoms with Gasteiger partial charge in [-0.2, -0.15) is 0 Å². The Morgan fingerprint density at radius 3 is 2.43 bits per heavy atom. The van der Waals surface area contributed by atoms with Crippen molar-refractivity contribution in [3.05, 3.63) is 23.8 Å². The minimum atomic E-state index is -1.07. The normalized spacial score (nSPS) is 41.9. The first-order valence-corrected chi connectivity index (χ1v) is 18.0. The molecule has 2 bridgehead atoms. The number of ketones is 1. The number of esters is 1. The predicted molar refractivity (Wildman–Crippen MR) is 188 cm³/mol. The van der Waals surface area contributed by atoms with E-state index in [4.69, 9.17) is 28.7 Å². The quantitative estimate of drug-likeness (QED) is 0.333. The lowest BCUT2D eigenvalue weighted by molar-refractivity contribution is -0.295. The van der Waals surface area contributed by atoms with Crippen molar-refractivity contribution in [2.75, 3.05) is 32.8 Å². The van der Waals surface area contributed by atoms with Crippen molar-refractivity contribution in [1.82, 2.24) is 4.90 Å². The number of aliphatic hydroxyl groups is 1. The average molecular weight is 686 g/mol. The summed E-state index contributed by atoms with van der Waals surface area (Å²) < 4.78 is 32.2. The van der Waals surface area contributed by atoms with E-state index in [-0.39, 0.29) is 35.8 Å². The van der Waals surface area contributed by atoms with Crippen LogP contribution in [0.15, 0.2) is 23.2 Å². The molecule has 11 nitrogen and oxygen atoms in total. The molecule has 0 amide bonds. The fraction of sp³-hybridized carbons (Fsp3) is 0.763. The Hall–Kier alpha value is -2.41. The summed E-state index contributed by atoms with van der Waals surface area (Å²) in [6.07, 6.45) is -2.07. The zero-order valence-electron chi connectivity index (χ0n) is 31.6. The largest absolute Gasteiger partial charge is 0.459 e. The maximum Gasteiger partial charge on any atom is 0.316 e. The van der Waals surface area contributed by atoms with Gasteiger partial charge in [-0.15, -0.1) is 0 Å². The van der Waals surface area contributed by atoms with E-state index in [1.807, 2.05) is 46.7 Å². The van der Waals surface area contributed by atoms with Crippen LogP contribution in [-0.2, 0) is 33.3 Å². The van der Waals surface area contributed by atoms with Crippen LogP contribution in [0.1, 0.15) is 80.2 Å². The van der Waals surface area contributed by atoms with Gasteiger partial charge in [0.15, 0.2) is 12.1 Å². The Bertz CT molecular complexity index is 1420. The number of fused-ring (bicyclic) bond motifs is 3. The molecular formula is C38H59N3O8.